The number of amidine groups is 1. The van der Waals surface area contributed by atoms with Crippen LogP contribution in [-0.4, -0.2) is 18.3 Å². The zero-order valence-corrected chi connectivity index (χ0v) is 8.70. The van der Waals surface area contributed by atoms with Crippen LogP contribution in [0.25, 0.3) is 0 Å². The summed E-state index contributed by atoms with van der Waals surface area (Å²) >= 11 is 5.48. The lowest BCUT2D eigenvalue weighted by molar-refractivity contribution is 0.563. The Hall–Kier alpha value is 0.0500. The van der Waals surface area contributed by atoms with Crippen LogP contribution in [-0.2, 0) is 0 Å². The summed E-state index contributed by atoms with van der Waals surface area (Å²) in [6.07, 6.45) is 5.36. The molecule has 0 atom stereocenters. The van der Waals surface area contributed by atoms with Crippen molar-refractivity contribution in [3.8, 4) is 0 Å². The molecule has 0 amide bonds. The monoisotopic (exact) mass is 210 g/mol. The first-order valence-corrected chi connectivity index (χ1v) is 4.71. The minimum atomic E-state index is 0. The van der Waals surface area contributed by atoms with Crippen LogP contribution < -0.4 is 5.73 Å². The van der Waals surface area contributed by atoms with Crippen LogP contribution in [0.15, 0.2) is 4.99 Å². The predicted octanol–water partition coefficient (Wildman–Crippen LogP) is 2.19. The van der Waals surface area contributed by atoms with Crippen molar-refractivity contribution in [2.45, 2.75) is 25.7 Å². The van der Waals surface area contributed by atoms with Crippen LogP contribution in [0, 0.1) is 5.92 Å². The van der Waals surface area contributed by atoms with E-state index < -0.39 is 0 Å². The second kappa shape index (κ2) is 6.55. The predicted molar refractivity (Wildman–Crippen MR) is 56.4 cm³/mol. The van der Waals surface area contributed by atoms with E-state index in [0.29, 0.717) is 11.7 Å². The minimum Gasteiger partial charge on any atom is -0.386 e. The Kier molecular flexibility index (Phi) is 6.58. The lowest BCUT2D eigenvalue weighted by Gasteiger charge is -2.03. The molecular formula is C8H16Cl2N2. The van der Waals surface area contributed by atoms with Crippen LogP contribution >= 0.6 is 24.0 Å². The molecule has 0 radical (unpaired) electrons. The van der Waals surface area contributed by atoms with E-state index in [0.717, 1.165) is 12.5 Å². The first-order chi connectivity index (χ1) is 5.33. The lowest BCUT2D eigenvalue weighted by atomic mass is 10.1. The van der Waals surface area contributed by atoms with Gasteiger partial charge in [-0.15, -0.1) is 24.0 Å². The smallest absolute Gasteiger partial charge is 0.109 e. The number of nitrogens with two attached hydrogens (primary N) is 1. The van der Waals surface area contributed by atoms with Crippen molar-refractivity contribution < 1.29 is 0 Å². The van der Waals surface area contributed by atoms with Crippen LogP contribution in [0.5, 0.6) is 0 Å². The molecule has 1 fully saturated rings. The van der Waals surface area contributed by atoms with Crippen LogP contribution in [0.3, 0.4) is 0 Å². The summed E-state index contributed by atoms with van der Waals surface area (Å²) in [5.74, 6) is 1.72. The maximum Gasteiger partial charge on any atom is 0.109 e. The van der Waals surface area contributed by atoms with E-state index in [1.165, 1.54) is 25.7 Å². The Morgan fingerprint density at radius 1 is 1.42 bits per heavy atom. The third-order valence-electron chi connectivity index (χ3n) is 2.16. The highest BCUT2D eigenvalue weighted by molar-refractivity contribution is 6.27. The normalized spacial score (nSPS) is 19.2. The molecule has 0 saturated heterocycles. The molecule has 2 nitrogen and oxygen atoms in total. The van der Waals surface area contributed by atoms with Gasteiger partial charge in [0.25, 0.3) is 0 Å². The molecule has 2 N–H and O–H groups in total. The summed E-state index contributed by atoms with van der Waals surface area (Å²) in [6.45, 7) is 0.887. The van der Waals surface area contributed by atoms with Crippen molar-refractivity contribution in [2.24, 2.45) is 16.6 Å². The average Bonchev–Trinajstić information content (AvgIpc) is 2.52. The highest BCUT2D eigenvalue weighted by Crippen LogP contribution is 2.24. The maximum atomic E-state index is 5.48. The van der Waals surface area contributed by atoms with Gasteiger partial charge in [0.2, 0.25) is 0 Å². The van der Waals surface area contributed by atoms with Gasteiger partial charge in [-0.1, -0.05) is 12.8 Å². The zero-order chi connectivity index (χ0) is 8.10. The van der Waals surface area contributed by atoms with Gasteiger partial charge >= 0.3 is 0 Å². The third-order valence-corrected chi connectivity index (χ3v) is 2.44. The number of hydrogen-bond donors (Lipinski definition) is 1. The molecular weight excluding hydrogens is 195 g/mol. The summed E-state index contributed by atoms with van der Waals surface area (Å²) in [5, 5.41) is 0. The molecule has 0 spiro atoms. The summed E-state index contributed by atoms with van der Waals surface area (Å²) in [4.78, 5) is 4.19. The highest BCUT2D eigenvalue weighted by atomic mass is 35.5. The Labute approximate surface area is 85.0 Å². The van der Waals surface area contributed by atoms with Crippen LogP contribution in [0.1, 0.15) is 25.7 Å². The molecule has 0 heterocycles. The van der Waals surface area contributed by atoms with Gasteiger partial charge in [0, 0.05) is 6.54 Å². The molecule has 0 aromatic carbocycles. The number of halogens is 2. The molecule has 1 saturated carbocycles. The van der Waals surface area contributed by atoms with Crippen molar-refractivity contribution in [1.82, 2.24) is 0 Å². The summed E-state index contributed by atoms with van der Waals surface area (Å²) in [5.41, 5.74) is 5.47. The molecule has 0 bridgehead atoms. The van der Waals surface area contributed by atoms with Gasteiger partial charge in [-0.05, 0) is 18.8 Å². The Bertz CT molecular complexity index is 142. The van der Waals surface area contributed by atoms with E-state index in [1.54, 1.807) is 0 Å². The third kappa shape index (κ3) is 4.17. The first kappa shape index (κ1) is 12.0. The molecule has 1 rings (SSSR count). The van der Waals surface area contributed by atoms with Crippen molar-refractivity contribution >= 4 is 29.8 Å². The molecule has 12 heavy (non-hydrogen) atoms. The van der Waals surface area contributed by atoms with Crippen molar-refractivity contribution in [3.63, 3.8) is 0 Å². The Morgan fingerprint density at radius 3 is 2.50 bits per heavy atom. The quantitative estimate of drug-likeness (QED) is 0.433. The van der Waals surface area contributed by atoms with Gasteiger partial charge in [0.05, 0.1) is 5.88 Å². The van der Waals surface area contributed by atoms with Gasteiger partial charge in [-0.3, -0.25) is 4.99 Å². The summed E-state index contributed by atoms with van der Waals surface area (Å²) in [6, 6.07) is 0. The van der Waals surface area contributed by atoms with Crippen molar-refractivity contribution in [2.75, 3.05) is 12.4 Å². The fourth-order valence-corrected chi connectivity index (χ4v) is 1.57. The fraction of sp³-hybridized carbons (Fsp3) is 0.875. The van der Waals surface area contributed by atoms with Gasteiger partial charge in [-0.2, -0.15) is 0 Å². The standard InChI is InChI=1S/C8H15ClN2.ClH/c9-5-8(10)11-6-7-3-1-2-4-7;/h7H,1-6H2,(H2,10,11);1H. The lowest BCUT2D eigenvalue weighted by Crippen LogP contribution is -2.15. The summed E-state index contributed by atoms with van der Waals surface area (Å²) < 4.78 is 0. The first-order valence-electron chi connectivity index (χ1n) is 4.17. The van der Waals surface area contributed by atoms with E-state index in [1.807, 2.05) is 0 Å². The average molecular weight is 211 g/mol. The van der Waals surface area contributed by atoms with Crippen molar-refractivity contribution in [3.05, 3.63) is 0 Å². The van der Waals surface area contributed by atoms with Gasteiger partial charge in [0.1, 0.15) is 5.84 Å². The Morgan fingerprint density at radius 2 is 2.00 bits per heavy atom. The van der Waals surface area contributed by atoms with Crippen molar-refractivity contribution in [1.29, 1.82) is 0 Å². The number of alkyl halides is 1. The number of aliphatic imine (C=N–C) groups is 1. The van der Waals surface area contributed by atoms with E-state index in [9.17, 15) is 0 Å². The molecule has 0 unspecified atom stereocenters. The van der Waals surface area contributed by atoms with Gasteiger partial charge in [-0.25, -0.2) is 0 Å². The molecule has 0 aromatic heterocycles. The molecule has 0 aliphatic heterocycles. The topological polar surface area (TPSA) is 38.4 Å². The fourth-order valence-electron chi connectivity index (χ4n) is 1.48. The van der Waals surface area contributed by atoms with Crippen LogP contribution in [0.2, 0.25) is 0 Å². The number of rotatable bonds is 3. The Balaban J connectivity index is 0.00000121. The van der Waals surface area contributed by atoms with E-state index in [-0.39, 0.29) is 12.4 Å². The van der Waals surface area contributed by atoms with E-state index in [4.69, 9.17) is 17.3 Å². The summed E-state index contributed by atoms with van der Waals surface area (Å²) in [7, 11) is 0. The zero-order valence-electron chi connectivity index (χ0n) is 7.13. The second-order valence-electron chi connectivity index (χ2n) is 3.12. The van der Waals surface area contributed by atoms with E-state index >= 15 is 0 Å². The second-order valence-corrected chi connectivity index (χ2v) is 3.38. The maximum absolute atomic E-state index is 5.48. The highest BCUT2D eigenvalue weighted by Gasteiger charge is 2.13. The van der Waals surface area contributed by atoms with Crippen LogP contribution in [0.4, 0.5) is 0 Å². The minimum absolute atomic E-state index is 0. The number of hydrogen-bond acceptors (Lipinski definition) is 1. The number of nitrogens with zero attached hydrogens (tertiary/aromatic N) is 1. The SMILES string of the molecule is Cl.NC(CCl)=NCC1CCCC1. The van der Waals surface area contributed by atoms with E-state index in [2.05, 4.69) is 4.99 Å². The largest absolute Gasteiger partial charge is 0.386 e. The molecule has 72 valence electrons. The van der Waals surface area contributed by atoms with Gasteiger partial charge in [0.15, 0.2) is 0 Å². The molecule has 1 aliphatic rings. The molecule has 0 aromatic rings. The molecule has 1 aliphatic carbocycles. The molecule has 4 heteroatoms. The van der Waals surface area contributed by atoms with Gasteiger partial charge < -0.3 is 5.73 Å².